The van der Waals surface area contributed by atoms with Crippen molar-refractivity contribution in [1.82, 2.24) is 15.1 Å². The Morgan fingerprint density at radius 2 is 1.81 bits per heavy atom. The standard InChI is InChI=1S/C33H43N3O7/c1-5-21(4)24(18-37)36-29-32(41)35(20(2)3)17-11-7-10-14-26(38)42-19-23(22-12-8-6-9-13-22)34-30(39)27-25-15-16-33(29,43-25)28(27)31(36)40/h6-9,11-13,15-16,20-21,23-25,27-29,37H,5,10,14,17-19H2,1-4H3,(H,34,39)/b11-7-/t21-,23+,24-,25+,27-,28-,29+,33-/m0/s1. The van der Waals surface area contributed by atoms with E-state index in [0.29, 0.717) is 12.8 Å². The second-order valence-electron chi connectivity index (χ2n) is 12.3. The van der Waals surface area contributed by atoms with E-state index in [1.807, 2.05) is 70.2 Å². The van der Waals surface area contributed by atoms with Crippen molar-refractivity contribution in [2.24, 2.45) is 17.8 Å². The molecule has 1 spiro atoms. The lowest BCUT2D eigenvalue weighted by atomic mass is 9.74. The van der Waals surface area contributed by atoms with Gasteiger partial charge in [-0.1, -0.05) is 74.9 Å². The number of aliphatic hydroxyl groups is 1. The van der Waals surface area contributed by atoms with Crippen LogP contribution in [0, 0.1) is 17.8 Å². The number of nitrogens with one attached hydrogen (secondary N) is 1. The van der Waals surface area contributed by atoms with Crippen molar-refractivity contribution in [2.75, 3.05) is 19.8 Å². The molecule has 4 aliphatic heterocycles. The second-order valence-corrected chi connectivity index (χ2v) is 12.3. The Balaban J connectivity index is 1.60. The number of aliphatic hydroxyl groups excluding tert-OH is 1. The number of hydrogen-bond acceptors (Lipinski definition) is 7. The Kier molecular flexibility index (Phi) is 9.08. The van der Waals surface area contributed by atoms with Gasteiger partial charge in [-0.3, -0.25) is 19.2 Å². The number of cyclic esters (lactones) is 1. The number of carbonyl (C=O) groups is 4. The molecule has 2 N–H and O–H groups in total. The van der Waals surface area contributed by atoms with Crippen LogP contribution in [0.15, 0.2) is 54.6 Å². The molecule has 0 unspecified atom stereocenters. The Hall–Kier alpha value is -3.50. The molecule has 5 bridgehead atoms. The predicted molar refractivity (Wildman–Crippen MR) is 158 cm³/mol. The third kappa shape index (κ3) is 5.51. The SMILES string of the molecule is CC[C@H](C)[C@H](CO)N1C(=O)[C@@H]2[C@H]3C(=O)N[C@@H](c4ccccc4)COC(=O)CC/C=C\CN(C(C)C)C(=O)[C@@H]1[C@]21C=C[C@H]3O1. The van der Waals surface area contributed by atoms with E-state index in [4.69, 9.17) is 9.47 Å². The molecule has 10 heteroatoms. The van der Waals surface area contributed by atoms with Crippen molar-refractivity contribution in [2.45, 2.75) is 82.8 Å². The van der Waals surface area contributed by atoms with Crippen LogP contribution in [0.2, 0.25) is 0 Å². The first-order chi connectivity index (χ1) is 20.6. The van der Waals surface area contributed by atoms with E-state index in [0.717, 1.165) is 5.56 Å². The summed E-state index contributed by atoms with van der Waals surface area (Å²) < 4.78 is 12.1. The van der Waals surface area contributed by atoms with Crippen molar-refractivity contribution < 1.29 is 33.8 Å². The average Bonchev–Trinajstić information content (AvgIpc) is 3.64. The molecule has 8 atom stereocenters. The van der Waals surface area contributed by atoms with Gasteiger partial charge in [-0.25, -0.2) is 0 Å². The van der Waals surface area contributed by atoms with E-state index < -0.39 is 53.5 Å². The highest BCUT2D eigenvalue weighted by atomic mass is 16.5. The molecule has 3 amide bonds. The van der Waals surface area contributed by atoms with Crippen LogP contribution < -0.4 is 5.32 Å². The van der Waals surface area contributed by atoms with Gasteiger partial charge in [0.1, 0.15) is 18.2 Å². The number of carbonyl (C=O) groups excluding carboxylic acids is 4. The molecular formula is C33H43N3O7. The summed E-state index contributed by atoms with van der Waals surface area (Å²) in [6.45, 7) is 7.63. The smallest absolute Gasteiger partial charge is 0.306 e. The average molecular weight is 594 g/mol. The van der Waals surface area contributed by atoms with E-state index in [1.54, 1.807) is 17.1 Å². The first-order valence-electron chi connectivity index (χ1n) is 15.4. The molecule has 2 saturated heterocycles. The van der Waals surface area contributed by atoms with Crippen LogP contribution in [0.4, 0.5) is 0 Å². The van der Waals surface area contributed by atoms with Crippen LogP contribution in [0.25, 0.3) is 0 Å². The van der Waals surface area contributed by atoms with Crippen LogP contribution in [-0.2, 0) is 28.7 Å². The molecule has 2 fully saturated rings. The van der Waals surface area contributed by atoms with Crippen molar-refractivity contribution in [3.8, 4) is 0 Å². The fourth-order valence-electron chi connectivity index (χ4n) is 7.00. The predicted octanol–water partition coefficient (Wildman–Crippen LogP) is 2.53. The molecule has 0 radical (unpaired) electrons. The number of hydrogen-bond donors (Lipinski definition) is 2. The van der Waals surface area contributed by atoms with Gasteiger partial charge in [-0.05, 0) is 31.7 Å². The number of fused-ring (bicyclic) bond motifs is 2. The highest BCUT2D eigenvalue weighted by Crippen LogP contribution is 2.56. The zero-order valence-corrected chi connectivity index (χ0v) is 25.3. The first-order valence-corrected chi connectivity index (χ1v) is 15.4. The summed E-state index contributed by atoms with van der Waals surface area (Å²) in [5, 5.41) is 13.6. The number of nitrogens with zero attached hydrogens (tertiary/aromatic N) is 2. The Morgan fingerprint density at radius 3 is 2.49 bits per heavy atom. The summed E-state index contributed by atoms with van der Waals surface area (Å²) in [5.41, 5.74) is -0.589. The van der Waals surface area contributed by atoms with E-state index in [-0.39, 0.29) is 50.0 Å². The third-order valence-electron chi connectivity index (χ3n) is 9.51. The van der Waals surface area contributed by atoms with E-state index in [2.05, 4.69) is 5.32 Å². The molecule has 4 heterocycles. The van der Waals surface area contributed by atoms with Crippen molar-refractivity contribution in [3.63, 3.8) is 0 Å². The normalized spacial score (nSPS) is 33.4. The monoisotopic (exact) mass is 593 g/mol. The maximum atomic E-state index is 14.5. The molecule has 0 aliphatic carbocycles. The largest absolute Gasteiger partial charge is 0.463 e. The summed E-state index contributed by atoms with van der Waals surface area (Å²) in [5.74, 6) is -3.43. The highest BCUT2D eigenvalue weighted by Gasteiger charge is 2.74. The summed E-state index contributed by atoms with van der Waals surface area (Å²) >= 11 is 0. The highest BCUT2D eigenvalue weighted by molar-refractivity contribution is 6.00. The van der Waals surface area contributed by atoms with Crippen molar-refractivity contribution in [3.05, 3.63) is 60.2 Å². The van der Waals surface area contributed by atoms with Crippen molar-refractivity contribution >= 4 is 23.7 Å². The Labute approximate surface area is 253 Å². The zero-order chi connectivity index (χ0) is 30.9. The number of esters is 1. The zero-order valence-electron chi connectivity index (χ0n) is 25.3. The maximum absolute atomic E-state index is 14.5. The van der Waals surface area contributed by atoms with Gasteiger partial charge in [0, 0.05) is 19.0 Å². The lowest BCUT2D eigenvalue weighted by Gasteiger charge is -2.41. The fourth-order valence-corrected chi connectivity index (χ4v) is 7.00. The molecule has 232 valence electrons. The molecule has 1 aromatic rings. The quantitative estimate of drug-likeness (QED) is 0.384. The summed E-state index contributed by atoms with van der Waals surface area (Å²) in [4.78, 5) is 58.9. The van der Waals surface area contributed by atoms with Crippen LogP contribution in [0.5, 0.6) is 0 Å². The van der Waals surface area contributed by atoms with Gasteiger partial charge in [0.25, 0.3) is 0 Å². The first kappa shape index (κ1) is 30.9. The van der Waals surface area contributed by atoms with Gasteiger partial charge in [-0.15, -0.1) is 0 Å². The topological polar surface area (TPSA) is 125 Å². The van der Waals surface area contributed by atoms with Crippen LogP contribution in [0.1, 0.15) is 58.6 Å². The molecule has 10 nitrogen and oxygen atoms in total. The minimum absolute atomic E-state index is 0.0644. The number of ether oxygens (including phenoxy) is 2. The Bertz CT molecular complexity index is 1280. The van der Waals surface area contributed by atoms with Gasteiger partial charge in [0.2, 0.25) is 17.7 Å². The summed E-state index contributed by atoms with van der Waals surface area (Å²) in [7, 11) is 0. The van der Waals surface area contributed by atoms with Gasteiger partial charge in [-0.2, -0.15) is 0 Å². The van der Waals surface area contributed by atoms with Crippen LogP contribution in [0.3, 0.4) is 0 Å². The van der Waals surface area contributed by atoms with Gasteiger partial charge in [0.15, 0.2) is 0 Å². The maximum Gasteiger partial charge on any atom is 0.306 e. The van der Waals surface area contributed by atoms with Gasteiger partial charge >= 0.3 is 5.97 Å². The summed E-state index contributed by atoms with van der Waals surface area (Å²) in [6.07, 6.45) is 7.83. The van der Waals surface area contributed by atoms with E-state index >= 15 is 0 Å². The molecule has 43 heavy (non-hydrogen) atoms. The molecular weight excluding hydrogens is 550 g/mol. The summed E-state index contributed by atoms with van der Waals surface area (Å²) in [6, 6.07) is 6.71. The molecule has 0 saturated carbocycles. The Morgan fingerprint density at radius 1 is 1.07 bits per heavy atom. The van der Waals surface area contributed by atoms with E-state index in [1.165, 1.54) is 4.90 Å². The number of benzene rings is 1. The third-order valence-corrected chi connectivity index (χ3v) is 9.51. The second kappa shape index (κ2) is 12.6. The van der Waals surface area contributed by atoms with Crippen molar-refractivity contribution in [1.29, 1.82) is 0 Å². The number of allylic oxidation sites excluding steroid dienone is 1. The number of likely N-dealkylation sites (tertiary alicyclic amines) is 1. The van der Waals surface area contributed by atoms with Crippen LogP contribution >= 0.6 is 0 Å². The lowest BCUT2D eigenvalue weighted by Crippen LogP contribution is -2.60. The minimum Gasteiger partial charge on any atom is -0.463 e. The molecule has 5 rings (SSSR count). The molecule has 4 aliphatic rings. The minimum atomic E-state index is -1.35. The van der Waals surface area contributed by atoms with Crippen LogP contribution in [-0.4, -0.2) is 88.2 Å². The van der Waals surface area contributed by atoms with E-state index in [9.17, 15) is 24.3 Å². The molecule has 1 aromatic carbocycles. The number of amides is 3. The molecule has 0 aromatic heterocycles. The fraction of sp³-hybridized carbons (Fsp3) is 0.576. The van der Waals surface area contributed by atoms with Gasteiger partial charge in [0.05, 0.1) is 36.6 Å². The lowest BCUT2D eigenvalue weighted by molar-refractivity contribution is -0.152. The number of rotatable bonds is 6. The van der Waals surface area contributed by atoms with Gasteiger partial charge < -0.3 is 29.7 Å².